The van der Waals surface area contributed by atoms with Gasteiger partial charge in [0.05, 0.1) is 11.0 Å². The minimum absolute atomic E-state index is 0.126. The number of para-hydroxylation sites is 1. The van der Waals surface area contributed by atoms with Gasteiger partial charge in [0, 0.05) is 16.7 Å². The Morgan fingerprint density at radius 3 is 1.97 bits per heavy atom. The van der Waals surface area contributed by atoms with Crippen LogP contribution in [0.1, 0.15) is 33.7 Å². The van der Waals surface area contributed by atoms with Crippen LogP contribution in [0, 0.1) is 6.92 Å². The summed E-state index contributed by atoms with van der Waals surface area (Å²) < 4.78 is 33.4. The summed E-state index contributed by atoms with van der Waals surface area (Å²) in [5.74, 6) is -0.578. The first-order chi connectivity index (χ1) is 15.9. The first-order valence-electron chi connectivity index (χ1n) is 10.8. The van der Waals surface area contributed by atoms with Gasteiger partial charge in [0.15, 0.2) is 0 Å². The maximum absolute atomic E-state index is 11.9. The quantitative estimate of drug-likeness (QED) is 0.194. The largest absolute Gasteiger partial charge is 0.285 e. The molecule has 0 aliphatic heterocycles. The molecule has 0 bridgehead atoms. The first kappa shape index (κ1) is 21.3. The van der Waals surface area contributed by atoms with Gasteiger partial charge in [-0.25, -0.2) is 4.98 Å². The molecule has 0 atom stereocenters. The highest BCUT2D eigenvalue weighted by Crippen LogP contribution is 2.40. The molecule has 0 aliphatic carbocycles. The lowest BCUT2D eigenvalue weighted by atomic mass is 9.80. The summed E-state index contributed by atoms with van der Waals surface area (Å²) in [6.45, 7) is 1.93. The zero-order valence-electron chi connectivity index (χ0n) is 18.1. The van der Waals surface area contributed by atoms with Crippen molar-refractivity contribution in [3.63, 3.8) is 0 Å². The predicted octanol–water partition coefficient (Wildman–Crippen LogP) is 6.26. The van der Waals surface area contributed by atoms with Gasteiger partial charge in [-0.05, 0) is 52.9 Å². The van der Waals surface area contributed by atoms with E-state index in [4.69, 9.17) is 4.98 Å². The van der Waals surface area contributed by atoms with Crippen LogP contribution in [0.5, 0.6) is 0 Å². The summed E-state index contributed by atoms with van der Waals surface area (Å²) >= 11 is 0. The lowest BCUT2D eigenvalue weighted by molar-refractivity contribution is 0.482. The van der Waals surface area contributed by atoms with Crippen molar-refractivity contribution >= 4 is 31.9 Å². The van der Waals surface area contributed by atoms with E-state index < -0.39 is 15.9 Å². The van der Waals surface area contributed by atoms with E-state index in [1.165, 1.54) is 0 Å². The number of aromatic nitrogens is 1. The molecule has 33 heavy (non-hydrogen) atoms. The second-order valence-electron chi connectivity index (χ2n) is 8.30. The molecular weight excluding hydrogens is 430 g/mol. The van der Waals surface area contributed by atoms with E-state index in [9.17, 15) is 13.0 Å². The Morgan fingerprint density at radius 1 is 0.788 bits per heavy atom. The van der Waals surface area contributed by atoms with Crippen molar-refractivity contribution in [2.75, 3.05) is 0 Å². The van der Waals surface area contributed by atoms with Crippen LogP contribution in [0.2, 0.25) is 0 Å². The lowest BCUT2D eigenvalue weighted by Gasteiger charge is -2.24. The Kier molecular flexibility index (Phi) is 5.44. The molecule has 4 nitrogen and oxygen atoms in total. The topological polar surface area (TPSA) is 67.3 Å². The van der Waals surface area contributed by atoms with Gasteiger partial charge < -0.3 is 0 Å². The molecule has 0 aliphatic rings. The minimum Gasteiger partial charge on any atom is -0.285 e. The second kappa shape index (κ2) is 8.43. The Hall–Kier alpha value is -3.54. The normalized spacial score (nSPS) is 12.0. The fourth-order valence-electron chi connectivity index (χ4n) is 4.64. The molecule has 5 aromatic rings. The van der Waals surface area contributed by atoms with Crippen LogP contribution in [0.3, 0.4) is 0 Å². The third kappa shape index (κ3) is 4.25. The summed E-state index contributed by atoms with van der Waals surface area (Å²) in [6, 6.07) is 32.2. The van der Waals surface area contributed by atoms with E-state index in [0.717, 1.165) is 38.5 Å². The molecule has 5 heteroatoms. The van der Waals surface area contributed by atoms with Crippen molar-refractivity contribution in [1.82, 2.24) is 4.98 Å². The van der Waals surface area contributed by atoms with E-state index in [1.807, 2.05) is 67.6 Å². The highest BCUT2D eigenvalue weighted by molar-refractivity contribution is 7.85. The number of benzene rings is 4. The first-order valence-corrected chi connectivity index (χ1v) is 12.4. The molecule has 0 radical (unpaired) electrons. The summed E-state index contributed by atoms with van der Waals surface area (Å²) in [5.41, 5.74) is 6.16. The fraction of sp³-hybridized carbons (Fsp3) is 0.107. The smallest absolute Gasteiger partial charge is 0.269 e. The molecule has 0 saturated carbocycles. The second-order valence-corrected chi connectivity index (χ2v) is 9.76. The number of fused-ring (bicyclic) bond motifs is 2. The van der Waals surface area contributed by atoms with Crippen molar-refractivity contribution in [3.8, 4) is 0 Å². The van der Waals surface area contributed by atoms with E-state index in [0.29, 0.717) is 11.1 Å². The van der Waals surface area contributed by atoms with E-state index >= 15 is 0 Å². The average molecular weight is 454 g/mol. The number of rotatable bonds is 5. The van der Waals surface area contributed by atoms with Gasteiger partial charge in [0.2, 0.25) is 0 Å². The zero-order valence-corrected chi connectivity index (χ0v) is 19.0. The minimum atomic E-state index is -4.21. The number of nitrogens with zero attached hydrogens (tertiary/aromatic N) is 1. The van der Waals surface area contributed by atoms with E-state index in [2.05, 4.69) is 30.3 Å². The molecular formula is C28H23NO3S. The highest BCUT2D eigenvalue weighted by atomic mass is 32.2. The summed E-state index contributed by atoms with van der Waals surface area (Å²) in [6.07, 6.45) is 0. The number of hydrogen-bond acceptors (Lipinski definition) is 3. The summed E-state index contributed by atoms with van der Waals surface area (Å²) in [4.78, 5) is 4.86. The molecule has 1 N–H and O–H groups in total. The fourth-order valence-corrected chi connectivity index (χ4v) is 5.33. The van der Waals surface area contributed by atoms with E-state index in [1.54, 1.807) is 6.07 Å². The van der Waals surface area contributed by atoms with Gasteiger partial charge in [-0.2, -0.15) is 8.42 Å². The maximum Gasteiger partial charge on any atom is 0.269 e. The Labute approximate surface area is 193 Å². The Morgan fingerprint density at radius 2 is 1.36 bits per heavy atom. The third-order valence-corrected chi connectivity index (χ3v) is 6.81. The van der Waals surface area contributed by atoms with Crippen LogP contribution in [0.15, 0.2) is 97.1 Å². The van der Waals surface area contributed by atoms with Gasteiger partial charge in [-0.1, -0.05) is 78.9 Å². The predicted molar refractivity (Wildman–Crippen MR) is 133 cm³/mol. The van der Waals surface area contributed by atoms with Crippen LogP contribution in [-0.2, 0) is 15.9 Å². The van der Waals surface area contributed by atoms with Gasteiger partial charge in [-0.15, -0.1) is 0 Å². The van der Waals surface area contributed by atoms with Crippen molar-refractivity contribution in [1.29, 1.82) is 0 Å². The molecule has 0 unspecified atom stereocenters. The Bertz CT molecular complexity index is 1520. The summed E-state index contributed by atoms with van der Waals surface area (Å²) in [7, 11) is -4.21. The molecule has 0 amide bonds. The monoisotopic (exact) mass is 453 g/mol. The average Bonchev–Trinajstić information content (AvgIpc) is 2.81. The van der Waals surface area contributed by atoms with Crippen molar-refractivity contribution in [3.05, 3.63) is 125 Å². The van der Waals surface area contributed by atoms with Gasteiger partial charge in [-0.3, -0.25) is 4.55 Å². The van der Waals surface area contributed by atoms with E-state index in [-0.39, 0.29) is 5.92 Å². The zero-order chi connectivity index (χ0) is 23.0. The van der Waals surface area contributed by atoms with Crippen molar-refractivity contribution < 1.29 is 13.0 Å². The number of pyridine rings is 1. The van der Waals surface area contributed by atoms with Gasteiger partial charge in [0.1, 0.15) is 5.75 Å². The van der Waals surface area contributed by atoms with Crippen LogP contribution >= 0.6 is 0 Å². The molecule has 0 spiro atoms. The molecule has 5 rings (SSSR count). The van der Waals surface area contributed by atoms with Crippen molar-refractivity contribution in [2.45, 2.75) is 18.6 Å². The molecule has 164 valence electrons. The highest BCUT2D eigenvalue weighted by Gasteiger charge is 2.24. The SMILES string of the molecule is Cc1c(CS(=O)(=O)O)cc2nc3ccccc3cc2c1C(c1ccccc1)c1ccccc1. The van der Waals surface area contributed by atoms with Crippen LogP contribution < -0.4 is 0 Å². The van der Waals surface area contributed by atoms with Gasteiger partial charge in [0.25, 0.3) is 10.1 Å². The maximum atomic E-state index is 11.9. The lowest BCUT2D eigenvalue weighted by Crippen LogP contribution is -2.11. The molecule has 1 heterocycles. The molecule has 0 fully saturated rings. The third-order valence-electron chi connectivity index (χ3n) is 6.13. The van der Waals surface area contributed by atoms with Crippen LogP contribution in [0.25, 0.3) is 21.8 Å². The standard InChI is InChI=1S/C28H23NO3S/c1-19-23(18-33(30,31)32)17-26-24(16-22-14-8-9-15-25(22)29-26)27(19)28(20-10-4-2-5-11-20)21-12-6-3-7-13-21/h2-17,28H,18H2,1H3,(H,30,31,32). The van der Waals surface area contributed by atoms with Crippen molar-refractivity contribution in [2.24, 2.45) is 0 Å². The molecule has 1 aromatic heterocycles. The summed E-state index contributed by atoms with van der Waals surface area (Å²) in [5, 5.41) is 2.00. The van der Waals surface area contributed by atoms with Gasteiger partial charge >= 0.3 is 0 Å². The molecule has 4 aromatic carbocycles. The number of hydrogen-bond donors (Lipinski definition) is 1. The molecule has 0 saturated heterocycles. The van der Waals surface area contributed by atoms with Crippen LogP contribution in [0.4, 0.5) is 0 Å². The van der Waals surface area contributed by atoms with Crippen LogP contribution in [-0.4, -0.2) is 18.0 Å². The Balaban J connectivity index is 1.91.